The van der Waals surface area contributed by atoms with E-state index in [4.69, 9.17) is 0 Å². The standard InChI is InChI=1S/C16H25N3O3S/c1-23(21,22)19-15-10-8-13(9-11-15)5-4-12-17-16(20)18-14-6-2-3-7-14/h8-11,14,19H,2-7,12H2,1H3,(H2,17,18,20). The number of nitrogens with one attached hydrogen (secondary N) is 3. The van der Waals surface area contributed by atoms with Gasteiger partial charge in [0.15, 0.2) is 0 Å². The Hall–Kier alpha value is -1.76. The Labute approximate surface area is 138 Å². The molecule has 2 rings (SSSR count). The Balaban J connectivity index is 1.64. The number of benzene rings is 1. The average molecular weight is 339 g/mol. The summed E-state index contributed by atoms with van der Waals surface area (Å²) in [5, 5.41) is 5.87. The molecule has 2 amide bonds. The highest BCUT2D eigenvalue weighted by Gasteiger charge is 2.16. The fourth-order valence-corrected chi connectivity index (χ4v) is 3.32. The van der Waals surface area contributed by atoms with Crippen molar-refractivity contribution in [3.8, 4) is 0 Å². The van der Waals surface area contributed by atoms with Crippen molar-refractivity contribution in [1.29, 1.82) is 0 Å². The maximum Gasteiger partial charge on any atom is 0.315 e. The van der Waals surface area contributed by atoms with Crippen molar-refractivity contribution < 1.29 is 13.2 Å². The minimum atomic E-state index is -3.24. The zero-order valence-electron chi connectivity index (χ0n) is 13.5. The molecule has 128 valence electrons. The molecule has 3 N–H and O–H groups in total. The predicted octanol–water partition coefficient (Wildman–Crippen LogP) is 2.23. The van der Waals surface area contributed by atoms with E-state index in [0.717, 1.165) is 37.5 Å². The molecular weight excluding hydrogens is 314 g/mol. The summed E-state index contributed by atoms with van der Waals surface area (Å²) in [7, 11) is -3.24. The third-order valence-corrected chi connectivity index (χ3v) is 4.48. The largest absolute Gasteiger partial charge is 0.338 e. The van der Waals surface area contributed by atoms with Gasteiger partial charge in [0.2, 0.25) is 10.0 Å². The van der Waals surface area contributed by atoms with Crippen LogP contribution in [0.3, 0.4) is 0 Å². The number of carbonyl (C=O) groups excluding carboxylic acids is 1. The number of urea groups is 1. The van der Waals surface area contributed by atoms with Crippen LogP contribution in [0.5, 0.6) is 0 Å². The molecule has 0 atom stereocenters. The van der Waals surface area contributed by atoms with Crippen molar-refractivity contribution in [3.05, 3.63) is 29.8 Å². The Bertz CT molecular complexity index is 608. The lowest BCUT2D eigenvalue weighted by Crippen LogP contribution is -2.41. The van der Waals surface area contributed by atoms with Crippen LogP contribution in [-0.4, -0.2) is 33.3 Å². The van der Waals surface area contributed by atoms with Crippen molar-refractivity contribution >= 4 is 21.7 Å². The zero-order chi connectivity index (χ0) is 16.7. The number of rotatable bonds is 7. The zero-order valence-corrected chi connectivity index (χ0v) is 14.3. The van der Waals surface area contributed by atoms with Gasteiger partial charge >= 0.3 is 6.03 Å². The highest BCUT2D eigenvalue weighted by atomic mass is 32.2. The van der Waals surface area contributed by atoms with Gasteiger partial charge in [0.1, 0.15) is 0 Å². The average Bonchev–Trinajstić information content (AvgIpc) is 2.96. The number of aryl methyl sites for hydroxylation is 1. The summed E-state index contributed by atoms with van der Waals surface area (Å²) in [5.41, 5.74) is 1.67. The lowest BCUT2D eigenvalue weighted by atomic mass is 10.1. The van der Waals surface area contributed by atoms with Crippen LogP contribution in [-0.2, 0) is 16.4 Å². The smallest absolute Gasteiger partial charge is 0.315 e. The molecule has 1 aliphatic rings. The molecule has 7 heteroatoms. The lowest BCUT2D eigenvalue weighted by molar-refractivity contribution is 0.237. The Kier molecular flexibility index (Phi) is 6.27. The normalized spacial score (nSPS) is 15.3. The summed E-state index contributed by atoms with van der Waals surface area (Å²) in [6.07, 6.45) is 7.38. The summed E-state index contributed by atoms with van der Waals surface area (Å²) < 4.78 is 24.7. The number of sulfonamides is 1. The SMILES string of the molecule is CS(=O)(=O)Nc1ccc(CCCNC(=O)NC2CCCC2)cc1. The molecule has 0 bridgehead atoms. The first-order valence-corrected chi connectivity index (χ1v) is 9.92. The predicted molar refractivity (Wildman–Crippen MR) is 92.0 cm³/mol. The molecule has 1 aliphatic carbocycles. The maximum absolute atomic E-state index is 11.7. The van der Waals surface area contributed by atoms with Gasteiger partial charge in [-0.3, -0.25) is 4.72 Å². The van der Waals surface area contributed by atoms with Crippen molar-refractivity contribution in [3.63, 3.8) is 0 Å². The van der Waals surface area contributed by atoms with Crippen LogP contribution in [0, 0.1) is 0 Å². The van der Waals surface area contributed by atoms with E-state index >= 15 is 0 Å². The Morgan fingerprint density at radius 3 is 2.43 bits per heavy atom. The number of hydrogen-bond acceptors (Lipinski definition) is 3. The highest BCUT2D eigenvalue weighted by Crippen LogP contribution is 2.17. The first-order valence-electron chi connectivity index (χ1n) is 8.03. The van der Waals surface area contributed by atoms with Crippen molar-refractivity contribution in [1.82, 2.24) is 10.6 Å². The van der Waals surface area contributed by atoms with Gasteiger partial charge in [0.25, 0.3) is 0 Å². The Morgan fingerprint density at radius 1 is 1.17 bits per heavy atom. The summed E-state index contributed by atoms with van der Waals surface area (Å²) >= 11 is 0. The topological polar surface area (TPSA) is 87.3 Å². The molecule has 23 heavy (non-hydrogen) atoms. The van der Waals surface area contributed by atoms with Crippen LogP contribution >= 0.6 is 0 Å². The van der Waals surface area contributed by atoms with Gasteiger partial charge in [0, 0.05) is 18.3 Å². The van der Waals surface area contributed by atoms with Gasteiger partial charge in [-0.25, -0.2) is 13.2 Å². The number of anilines is 1. The third kappa shape index (κ3) is 6.90. The van der Waals surface area contributed by atoms with Crippen LogP contribution in [0.1, 0.15) is 37.7 Å². The van der Waals surface area contributed by atoms with Gasteiger partial charge in [-0.2, -0.15) is 0 Å². The van der Waals surface area contributed by atoms with E-state index in [2.05, 4.69) is 15.4 Å². The van der Waals surface area contributed by atoms with Crippen LogP contribution in [0.2, 0.25) is 0 Å². The molecule has 0 unspecified atom stereocenters. The van der Waals surface area contributed by atoms with E-state index in [-0.39, 0.29) is 6.03 Å². The van der Waals surface area contributed by atoms with E-state index in [9.17, 15) is 13.2 Å². The summed E-state index contributed by atoms with van der Waals surface area (Å²) in [6.45, 7) is 0.627. The van der Waals surface area contributed by atoms with Crippen LogP contribution in [0.25, 0.3) is 0 Å². The second-order valence-corrected chi connectivity index (χ2v) is 7.80. The van der Waals surface area contributed by atoms with Gasteiger partial charge in [-0.15, -0.1) is 0 Å². The first kappa shape index (κ1) is 17.6. The molecule has 0 saturated heterocycles. The first-order chi connectivity index (χ1) is 10.9. The number of hydrogen-bond donors (Lipinski definition) is 3. The summed E-state index contributed by atoms with van der Waals surface area (Å²) in [4.78, 5) is 11.7. The lowest BCUT2D eigenvalue weighted by Gasteiger charge is -2.12. The highest BCUT2D eigenvalue weighted by molar-refractivity contribution is 7.92. The molecule has 0 spiro atoms. The van der Waals surface area contributed by atoms with Crippen LogP contribution in [0.15, 0.2) is 24.3 Å². The second kappa shape index (κ2) is 8.19. The number of amides is 2. The van der Waals surface area contributed by atoms with Gasteiger partial charge < -0.3 is 10.6 Å². The van der Waals surface area contributed by atoms with Gasteiger partial charge in [0.05, 0.1) is 6.26 Å². The van der Waals surface area contributed by atoms with Gasteiger partial charge in [-0.05, 0) is 43.4 Å². The third-order valence-electron chi connectivity index (χ3n) is 3.88. The van der Waals surface area contributed by atoms with Crippen molar-refractivity contribution in [2.45, 2.75) is 44.6 Å². The van der Waals surface area contributed by atoms with E-state index in [1.165, 1.54) is 12.8 Å². The molecule has 1 aromatic rings. The van der Waals surface area contributed by atoms with E-state index in [0.29, 0.717) is 18.3 Å². The summed E-state index contributed by atoms with van der Waals surface area (Å²) in [5.74, 6) is 0. The van der Waals surface area contributed by atoms with Crippen molar-refractivity contribution in [2.75, 3.05) is 17.5 Å². The molecule has 1 fully saturated rings. The molecule has 0 aromatic heterocycles. The van der Waals surface area contributed by atoms with E-state index in [1.54, 1.807) is 12.1 Å². The van der Waals surface area contributed by atoms with Crippen LogP contribution < -0.4 is 15.4 Å². The summed E-state index contributed by atoms with van der Waals surface area (Å²) in [6, 6.07) is 7.54. The molecule has 0 aliphatic heterocycles. The molecule has 1 aromatic carbocycles. The maximum atomic E-state index is 11.7. The molecule has 0 radical (unpaired) electrons. The van der Waals surface area contributed by atoms with E-state index < -0.39 is 10.0 Å². The minimum Gasteiger partial charge on any atom is -0.338 e. The number of carbonyl (C=O) groups is 1. The molecule has 6 nitrogen and oxygen atoms in total. The minimum absolute atomic E-state index is 0.0791. The van der Waals surface area contributed by atoms with Crippen molar-refractivity contribution in [2.24, 2.45) is 0 Å². The van der Waals surface area contributed by atoms with E-state index in [1.807, 2.05) is 12.1 Å². The monoisotopic (exact) mass is 339 g/mol. The second-order valence-electron chi connectivity index (χ2n) is 6.06. The molecule has 0 heterocycles. The molecular formula is C16H25N3O3S. The fraction of sp³-hybridized carbons (Fsp3) is 0.562. The Morgan fingerprint density at radius 2 is 1.83 bits per heavy atom. The fourth-order valence-electron chi connectivity index (χ4n) is 2.75. The van der Waals surface area contributed by atoms with Crippen LogP contribution in [0.4, 0.5) is 10.5 Å². The molecule has 1 saturated carbocycles. The quantitative estimate of drug-likeness (QED) is 0.666. The van der Waals surface area contributed by atoms with Gasteiger partial charge in [-0.1, -0.05) is 25.0 Å².